The molecule has 0 saturated carbocycles. The van der Waals surface area contributed by atoms with Crippen molar-refractivity contribution >= 4 is 0 Å². The Bertz CT molecular complexity index is 149. The number of rotatable bonds is 10. The van der Waals surface area contributed by atoms with Gasteiger partial charge in [-0.1, -0.05) is 0 Å². The SMILES string of the molecule is C(COC[C@@H]1CO1)OCCOC[C@H]1CO1. The minimum Gasteiger partial charge on any atom is -0.377 e. The molecule has 2 aliphatic heterocycles. The standard InChI is InChI=1S/C10H18O5/c1(3-12-5-9-7-14-9)11-2-4-13-6-10-8-15-10/h9-10H,1-8H2/t9-,10+. The van der Waals surface area contributed by atoms with E-state index in [9.17, 15) is 0 Å². The van der Waals surface area contributed by atoms with Gasteiger partial charge in [0, 0.05) is 0 Å². The van der Waals surface area contributed by atoms with Crippen LogP contribution in [0.3, 0.4) is 0 Å². The van der Waals surface area contributed by atoms with Crippen LogP contribution >= 0.6 is 0 Å². The minimum absolute atomic E-state index is 0.340. The quantitative estimate of drug-likeness (QED) is 0.376. The summed E-state index contributed by atoms with van der Waals surface area (Å²) in [5.41, 5.74) is 0. The summed E-state index contributed by atoms with van der Waals surface area (Å²) in [7, 11) is 0. The number of hydrogen-bond donors (Lipinski definition) is 0. The minimum atomic E-state index is 0.340. The van der Waals surface area contributed by atoms with Gasteiger partial charge >= 0.3 is 0 Å². The summed E-state index contributed by atoms with van der Waals surface area (Å²) in [6.07, 6.45) is 0.679. The molecule has 0 aromatic carbocycles. The average Bonchev–Trinajstić information content (AvgIpc) is 3.10. The summed E-state index contributed by atoms with van der Waals surface area (Å²) < 4.78 is 25.9. The first-order valence-electron chi connectivity index (χ1n) is 5.41. The summed E-state index contributed by atoms with van der Waals surface area (Å²) in [6, 6.07) is 0. The Balaban J connectivity index is 1.23. The van der Waals surface area contributed by atoms with Gasteiger partial charge in [-0.3, -0.25) is 0 Å². The van der Waals surface area contributed by atoms with E-state index in [1.807, 2.05) is 0 Å². The lowest BCUT2D eigenvalue weighted by molar-refractivity contribution is 0.00937. The van der Waals surface area contributed by atoms with Gasteiger partial charge in [0.1, 0.15) is 12.2 Å². The lowest BCUT2D eigenvalue weighted by Gasteiger charge is -2.05. The molecule has 0 N–H and O–H groups in total. The van der Waals surface area contributed by atoms with Crippen LogP contribution in [0.15, 0.2) is 0 Å². The highest BCUT2D eigenvalue weighted by Crippen LogP contribution is 2.08. The van der Waals surface area contributed by atoms with Crippen molar-refractivity contribution in [3.05, 3.63) is 0 Å². The van der Waals surface area contributed by atoms with Crippen LogP contribution in [0, 0.1) is 0 Å². The van der Waals surface area contributed by atoms with E-state index in [2.05, 4.69) is 0 Å². The van der Waals surface area contributed by atoms with Crippen LogP contribution in [0.25, 0.3) is 0 Å². The van der Waals surface area contributed by atoms with E-state index in [1.54, 1.807) is 0 Å². The topological polar surface area (TPSA) is 52.8 Å². The molecular formula is C10H18O5. The second kappa shape index (κ2) is 6.40. The van der Waals surface area contributed by atoms with Crippen molar-refractivity contribution in [3.8, 4) is 0 Å². The Morgan fingerprint density at radius 3 is 1.53 bits per heavy atom. The van der Waals surface area contributed by atoms with E-state index in [-0.39, 0.29) is 0 Å². The van der Waals surface area contributed by atoms with Gasteiger partial charge in [-0.05, 0) is 0 Å². The van der Waals surface area contributed by atoms with Crippen LogP contribution in [0.4, 0.5) is 0 Å². The number of ether oxygens (including phenoxy) is 5. The molecule has 15 heavy (non-hydrogen) atoms. The van der Waals surface area contributed by atoms with E-state index in [1.165, 1.54) is 0 Å². The lowest BCUT2D eigenvalue weighted by Crippen LogP contribution is -2.12. The summed E-state index contributed by atoms with van der Waals surface area (Å²) in [5.74, 6) is 0. The van der Waals surface area contributed by atoms with E-state index in [0.717, 1.165) is 13.2 Å². The predicted molar refractivity (Wildman–Crippen MR) is 51.9 cm³/mol. The van der Waals surface area contributed by atoms with E-state index >= 15 is 0 Å². The first-order chi connectivity index (χ1) is 7.45. The van der Waals surface area contributed by atoms with Gasteiger partial charge < -0.3 is 23.7 Å². The van der Waals surface area contributed by atoms with Crippen LogP contribution in [0.2, 0.25) is 0 Å². The molecule has 5 nitrogen and oxygen atoms in total. The molecular weight excluding hydrogens is 200 g/mol. The van der Waals surface area contributed by atoms with Gasteiger partial charge in [-0.25, -0.2) is 0 Å². The summed E-state index contributed by atoms with van der Waals surface area (Å²) in [6.45, 7) is 5.58. The molecule has 2 saturated heterocycles. The van der Waals surface area contributed by atoms with Crippen LogP contribution in [0.1, 0.15) is 0 Å². The normalized spacial score (nSPS) is 28.0. The molecule has 0 aliphatic carbocycles. The molecule has 88 valence electrons. The van der Waals surface area contributed by atoms with Gasteiger partial charge in [-0.2, -0.15) is 0 Å². The Morgan fingerprint density at radius 2 is 1.13 bits per heavy atom. The monoisotopic (exact) mass is 218 g/mol. The molecule has 0 radical (unpaired) electrons. The number of epoxide rings is 2. The van der Waals surface area contributed by atoms with Crippen LogP contribution < -0.4 is 0 Å². The van der Waals surface area contributed by atoms with Gasteiger partial charge in [0.15, 0.2) is 0 Å². The van der Waals surface area contributed by atoms with Crippen molar-refractivity contribution < 1.29 is 23.7 Å². The van der Waals surface area contributed by atoms with E-state index in [0.29, 0.717) is 51.8 Å². The first kappa shape index (κ1) is 11.3. The van der Waals surface area contributed by atoms with Gasteiger partial charge in [0.2, 0.25) is 0 Å². The fraction of sp³-hybridized carbons (Fsp3) is 1.00. The molecule has 0 aromatic rings. The molecule has 0 aromatic heterocycles. The highest BCUT2D eigenvalue weighted by molar-refractivity contribution is 4.67. The maximum atomic E-state index is 5.31. The van der Waals surface area contributed by atoms with Crippen LogP contribution in [0.5, 0.6) is 0 Å². The molecule has 2 aliphatic rings. The zero-order chi connectivity index (χ0) is 10.3. The van der Waals surface area contributed by atoms with Crippen molar-refractivity contribution in [3.63, 3.8) is 0 Å². The molecule has 2 fully saturated rings. The molecule has 0 spiro atoms. The second-order valence-electron chi connectivity index (χ2n) is 3.67. The molecule has 2 rings (SSSR count). The van der Waals surface area contributed by atoms with Crippen LogP contribution in [-0.4, -0.2) is 65.1 Å². The molecule has 0 unspecified atom stereocenters. The largest absolute Gasteiger partial charge is 0.377 e. The summed E-state index contributed by atoms with van der Waals surface area (Å²) in [5, 5.41) is 0. The molecule has 2 atom stereocenters. The average molecular weight is 218 g/mol. The fourth-order valence-electron chi connectivity index (χ4n) is 1.10. The third-order valence-electron chi connectivity index (χ3n) is 2.16. The van der Waals surface area contributed by atoms with Gasteiger partial charge in [-0.15, -0.1) is 0 Å². The Labute approximate surface area is 89.6 Å². The lowest BCUT2D eigenvalue weighted by atomic mass is 10.5. The Morgan fingerprint density at radius 1 is 0.733 bits per heavy atom. The second-order valence-corrected chi connectivity index (χ2v) is 3.67. The highest BCUT2D eigenvalue weighted by atomic mass is 16.6. The maximum Gasteiger partial charge on any atom is 0.104 e. The Hall–Kier alpha value is -0.200. The van der Waals surface area contributed by atoms with Crippen molar-refractivity contribution in [2.75, 3.05) is 52.9 Å². The third-order valence-corrected chi connectivity index (χ3v) is 2.16. The van der Waals surface area contributed by atoms with Crippen molar-refractivity contribution in [2.45, 2.75) is 12.2 Å². The number of hydrogen-bond acceptors (Lipinski definition) is 5. The summed E-state index contributed by atoms with van der Waals surface area (Å²) in [4.78, 5) is 0. The first-order valence-corrected chi connectivity index (χ1v) is 5.41. The maximum absolute atomic E-state index is 5.31. The zero-order valence-corrected chi connectivity index (χ0v) is 8.85. The fourth-order valence-corrected chi connectivity index (χ4v) is 1.10. The molecule has 2 heterocycles. The summed E-state index contributed by atoms with van der Waals surface area (Å²) >= 11 is 0. The van der Waals surface area contributed by atoms with Crippen LogP contribution in [-0.2, 0) is 23.7 Å². The molecule has 0 bridgehead atoms. The highest BCUT2D eigenvalue weighted by Gasteiger charge is 2.22. The van der Waals surface area contributed by atoms with Gasteiger partial charge in [0.25, 0.3) is 0 Å². The third kappa shape index (κ3) is 6.06. The molecule has 0 amide bonds. The van der Waals surface area contributed by atoms with Gasteiger partial charge in [0.05, 0.1) is 52.9 Å². The Kier molecular flexibility index (Phi) is 4.82. The zero-order valence-electron chi connectivity index (χ0n) is 8.85. The van der Waals surface area contributed by atoms with Crippen molar-refractivity contribution in [2.24, 2.45) is 0 Å². The smallest absolute Gasteiger partial charge is 0.104 e. The molecule has 5 heteroatoms. The van der Waals surface area contributed by atoms with Crippen molar-refractivity contribution in [1.82, 2.24) is 0 Å². The van der Waals surface area contributed by atoms with Crippen molar-refractivity contribution in [1.29, 1.82) is 0 Å². The van der Waals surface area contributed by atoms with E-state index in [4.69, 9.17) is 23.7 Å². The predicted octanol–water partition coefficient (Wildman–Crippen LogP) is -0.166. The van der Waals surface area contributed by atoms with E-state index < -0.39 is 0 Å².